The first-order valence-electron chi connectivity index (χ1n) is 5.61. The van der Waals surface area contributed by atoms with Crippen LogP contribution < -0.4 is 10.2 Å². The Morgan fingerprint density at radius 2 is 2.16 bits per heavy atom. The SMILES string of the molecule is CN(C)c1ccc2c(c1)S(=O)(=O)N=C(SCCO)N2. The van der Waals surface area contributed by atoms with Gasteiger partial charge in [-0.25, -0.2) is 0 Å². The van der Waals surface area contributed by atoms with Crippen molar-refractivity contribution < 1.29 is 13.5 Å². The zero-order valence-electron chi connectivity index (χ0n) is 10.6. The van der Waals surface area contributed by atoms with Gasteiger partial charge >= 0.3 is 0 Å². The molecule has 0 spiro atoms. The summed E-state index contributed by atoms with van der Waals surface area (Å²) in [7, 11) is 0.00596. The van der Waals surface area contributed by atoms with Gasteiger partial charge in [-0.15, -0.1) is 4.40 Å². The standard InChI is InChI=1S/C11H15N3O3S2/c1-14(2)8-3-4-9-10(7-8)19(16,17)13-11(12-9)18-6-5-15/h3-4,7,15H,5-6H2,1-2H3,(H,12,13). The minimum Gasteiger partial charge on any atom is -0.396 e. The maximum atomic E-state index is 12.1. The Hall–Kier alpha value is -1.25. The molecule has 1 aliphatic rings. The van der Waals surface area contributed by atoms with E-state index in [1.807, 2.05) is 25.1 Å². The average Bonchev–Trinajstić information content (AvgIpc) is 2.35. The quantitative estimate of drug-likeness (QED) is 0.865. The van der Waals surface area contributed by atoms with Crippen molar-refractivity contribution in [1.29, 1.82) is 0 Å². The molecule has 0 amide bonds. The van der Waals surface area contributed by atoms with Gasteiger partial charge in [-0.1, -0.05) is 11.8 Å². The maximum Gasteiger partial charge on any atom is 0.286 e. The van der Waals surface area contributed by atoms with Crippen LogP contribution in [0.3, 0.4) is 0 Å². The van der Waals surface area contributed by atoms with Gasteiger partial charge in [0.15, 0.2) is 5.17 Å². The van der Waals surface area contributed by atoms with Crippen LogP contribution in [0.15, 0.2) is 27.5 Å². The van der Waals surface area contributed by atoms with Crippen molar-refractivity contribution in [1.82, 2.24) is 0 Å². The molecule has 0 saturated carbocycles. The minimum atomic E-state index is -3.68. The van der Waals surface area contributed by atoms with Gasteiger partial charge in [-0.05, 0) is 18.2 Å². The second-order valence-electron chi connectivity index (χ2n) is 4.14. The predicted molar refractivity (Wildman–Crippen MR) is 78.6 cm³/mol. The van der Waals surface area contributed by atoms with E-state index in [-0.39, 0.29) is 11.5 Å². The maximum absolute atomic E-state index is 12.1. The fraction of sp³-hybridized carbons (Fsp3) is 0.364. The van der Waals surface area contributed by atoms with E-state index in [9.17, 15) is 8.42 Å². The molecule has 6 nitrogen and oxygen atoms in total. The third-order valence-corrected chi connectivity index (χ3v) is 4.82. The number of amidine groups is 1. The summed E-state index contributed by atoms with van der Waals surface area (Å²) in [6, 6.07) is 5.14. The van der Waals surface area contributed by atoms with Crippen LogP contribution in [0.5, 0.6) is 0 Å². The lowest BCUT2D eigenvalue weighted by molar-refractivity contribution is 0.323. The highest BCUT2D eigenvalue weighted by Crippen LogP contribution is 2.32. The topological polar surface area (TPSA) is 82.0 Å². The van der Waals surface area contributed by atoms with E-state index in [0.717, 1.165) is 5.69 Å². The third-order valence-electron chi connectivity index (χ3n) is 2.53. The van der Waals surface area contributed by atoms with Crippen molar-refractivity contribution in [2.45, 2.75) is 4.90 Å². The molecule has 0 aliphatic carbocycles. The van der Waals surface area contributed by atoms with Crippen LogP contribution in [0.25, 0.3) is 0 Å². The lowest BCUT2D eigenvalue weighted by atomic mass is 10.2. The van der Waals surface area contributed by atoms with E-state index in [1.165, 1.54) is 11.8 Å². The second kappa shape index (κ2) is 5.40. The lowest BCUT2D eigenvalue weighted by Gasteiger charge is -2.20. The van der Waals surface area contributed by atoms with Crippen LogP contribution in [0.2, 0.25) is 0 Å². The Bertz CT molecular complexity index is 612. The number of thioether (sulfide) groups is 1. The Labute approximate surface area is 116 Å². The summed E-state index contributed by atoms with van der Waals surface area (Å²) in [4.78, 5) is 2.00. The monoisotopic (exact) mass is 301 g/mol. The van der Waals surface area contributed by atoms with Crippen molar-refractivity contribution >= 4 is 38.3 Å². The molecule has 8 heteroatoms. The number of benzene rings is 1. The summed E-state index contributed by atoms with van der Waals surface area (Å²) in [5, 5.41) is 12.0. The van der Waals surface area contributed by atoms with E-state index < -0.39 is 10.0 Å². The molecule has 2 rings (SSSR count). The van der Waals surface area contributed by atoms with E-state index in [4.69, 9.17) is 5.11 Å². The zero-order valence-corrected chi connectivity index (χ0v) is 12.3. The van der Waals surface area contributed by atoms with Crippen molar-refractivity contribution in [2.75, 3.05) is 36.7 Å². The molecule has 1 heterocycles. The zero-order chi connectivity index (χ0) is 14.0. The fourth-order valence-corrected chi connectivity index (χ4v) is 3.61. The molecule has 0 atom stereocenters. The van der Waals surface area contributed by atoms with Crippen LogP contribution in [-0.4, -0.2) is 45.1 Å². The largest absolute Gasteiger partial charge is 0.396 e. The highest BCUT2D eigenvalue weighted by molar-refractivity contribution is 8.14. The van der Waals surface area contributed by atoms with Gasteiger partial charge in [-0.2, -0.15) is 8.42 Å². The van der Waals surface area contributed by atoms with Crippen molar-refractivity contribution in [2.24, 2.45) is 4.40 Å². The summed E-state index contributed by atoms with van der Waals surface area (Å²) < 4.78 is 27.9. The first kappa shape index (κ1) is 14.2. The minimum absolute atomic E-state index is 0.0299. The Balaban J connectivity index is 2.40. The van der Waals surface area contributed by atoms with Gasteiger partial charge in [-0.3, -0.25) is 0 Å². The molecule has 0 saturated heterocycles. The normalized spacial score (nSPS) is 16.3. The number of fused-ring (bicyclic) bond motifs is 1. The molecule has 1 aromatic rings. The van der Waals surface area contributed by atoms with Gasteiger partial charge in [0.05, 0.1) is 12.3 Å². The van der Waals surface area contributed by atoms with Gasteiger partial charge < -0.3 is 15.3 Å². The lowest BCUT2D eigenvalue weighted by Crippen LogP contribution is -2.20. The van der Waals surface area contributed by atoms with E-state index in [2.05, 4.69) is 9.71 Å². The molecular formula is C11H15N3O3S2. The van der Waals surface area contributed by atoms with Crippen LogP contribution in [0.1, 0.15) is 0 Å². The molecule has 0 radical (unpaired) electrons. The summed E-state index contributed by atoms with van der Waals surface area (Å²) in [6.45, 7) is -0.0299. The van der Waals surface area contributed by atoms with Crippen molar-refractivity contribution in [3.63, 3.8) is 0 Å². The molecule has 19 heavy (non-hydrogen) atoms. The number of rotatable bonds is 3. The molecule has 0 fully saturated rings. The number of sulfonamides is 1. The number of nitrogens with zero attached hydrogens (tertiary/aromatic N) is 2. The number of hydrogen-bond donors (Lipinski definition) is 2. The fourth-order valence-electron chi connectivity index (χ4n) is 1.61. The Morgan fingerprint density at radius 3 is 2.79 bits per heavy atom. The van der Waals surface area contributed by atoms with Gasteiger partial charge in [0, 0.05) is 25.5 Å². The van der Waals surface area contributed by atoms with Crippen LogP contribution in [-0.2, 0) is 10.0 Å². The van der Waals surface area contributed by atoms with Gasteiger partial charge in [0.25, 0.3) is 10.0 Å². The molecule has 0 bridgehead atoms. The van der Waals surface area contributed by atoms with Gasteiger partial charge in [0.2, 0.25) is 0 Å². The number of hydrogen-bond acceptors (Lipinski definition) is 6. The Kier molecular flexibility index (Phi) is 4.02. The molecule has 1 aromatic carbocycles. The molecule has 104 valence electrons. The first-order chi connectivity index (χ1) is 8.94. The van der Waals surface area contributed by atoms with Crippen LogP contribution in [0, 0.1) is 0 Å². The highest BCUT2D eigenvalue weighted by atomic mass is 32.2. The smallest absolute Gasteiger partial charge is 0.286 e. The second-order valence-corrected chi connectivity index (χ2v) is 6.80. The van der Waals surface area contributed by atoms with E-state index in [0.29, 0.717) is 16.6 Å². The average molecular weight is 301 g/mol. The number of aliphatic hydroxyl groups excluding tert-OH is 1. The summed E-state index contributed by atoms with van der Waals surface area (Å²) in [5.41, 5.74) is 1.31. The third kappa shape index (κ3) is 3.02. The summed E-state index contributed by atoms with van der Waals surface area (Å²) in [5.74, 6) is 0.395. The van der Waals surface area contributed by atoms with E-state index in [1.54, 1.807) is 12.1 Å². The van der Waals surface area contributed by atoms with Crippen molar-refractivity contribution in [3.8, 4) is 0 Å². The highest BCUT2D eigenvalue weighted by Gasteiger charge is 2.25. The van der Waals surface area contributed by atoms with Crippen LogP contribution in [0.4, 0.5) is 11.4 Å². The number of nitrogens with one attached hydrogen (secondary N) is 1. The number of aliphatic hydroxyl groups is 1. The number of anilines is 2. The van der Waals surface area contributed by atoms with Gasteiger partial charge in [0.1, 0.15) is 4.90 Å². The predicted octanol–water partition coefficient (Wildman–Crippen LogP) is 0.948. The molecule has 0 aromatic heterocycles. The van der Waals surface area contributed by atoms with Crippen LogP contribution >= 0.6 is 11.8 Å². The molecule has 2 N–H and O–H groups in total. The molecule has 0 unspecified atom stereocenters. The first-order valence-corrected chi connectivity index (χ1v) is 8.03. The molecular weight excluding hydrogens is 286 g/mol. The van der Waals surface area contributed by atoms with E-state index >= 15 is 0 Å². The summed E-state index contributed by atoms with van der Waals surface area (Å²) >= 11 is 1.17. The summed E-state index contributed by atoms with van der Waals surface area (Å²) in [6.07, 6.45) is 0. The Morgan fingerprint density at radius 1 is 1.42 bits per heavy atom. The van der Waals surface area contributed by atoms with Crippen molar-refractivity contribution in [3.05, 3.63) is 18.2 Å². The molecule has 1 aliphatic heterocycles.